The molecular formula is C19H23N3O3. The largest absolute Gasteiger partial charge is 0.459 e. The van der Waals surface area contributed by atoms with Gasteiger partial charge in [0.15, 0.2) is 5.78 Å². The number of piperidine rings is 1. The number of rotatable bonds is 4. The van der Waals surface area contributed by atoms with Gasteiger partial charge in [0.05, 0.1) is 6.20 Å². The zero-order valence-electron chi connectivity index (χ0n) is 14.9. The van der Waals surface area contributed by atoms with Crippen LogP contribution < -0.4 is 4.90 Å². The zero-order chi connectivity index (χ0) is 18.0. The molecule has 132 valence electrons. The predicted octanol–water partition coefficient (Wildman–Crippen LogP) is 2.76. The van der Waals surface area contributed by atoms with E-state index in [9.17, 15) is 9.59 Å². The highest BCUT2D eigenvalue weighted by Crippen LogP contribution is 2.23. The van der Waals surface area contributed by atoms with E-state index >= 15 is 0 Å². The first-order valence-corrected chi connectivity index (χ1v) is 8.51. The summed E-state index contributed by atoms with van der Waals surface area (Å²) >= 11 is 0. The molecule has 0 bridgehead atoms. The van der Waals surface area contributed by atoms with E-state index in [1.54, 1.807) is 17.8 Å². The molecule has 0 spiro atoms. The number of hydrogen-bond donors (Lipinski definition) is 0. The average molecular weight is 341 g/mol. The minimum absolute atomic E-state index is 0.0696. The third-order valence-electron chi connectivity index (χ3n) is 4.81. The van der Waals surface area contributed by atoms with Crippen molar-refractivity contribution in [2.24, 2.45) is 7.05 Å². The Morgan fingerprint density at radius 2 is 1.80 bits per heavy atom. The highest BCUT2D eigenvalue weighted by atomic mass is 16.5. The molecule has 0 saturated carbocycles. The van der Waals surface area contributed by atoms with Gasteiger partial charge < -0.3 is 9.64 Å². The Kier molecular flexibility index (Phi) is 4.88. The lowest BCUT2D eigenvalue weighted by Gasteiger charge is -2.33. The van der Waals surface area contributed by atoms with Crippen molar-refractivity contribution in [3.63, 3.8) is 0 Å². The maximum Gasteiger partial charge on any atom is 0.341 e. The van der Waals surface area contributed by atoms with Gasteiger partial charge >= 0.3 is 5.97 Å². The Labute approximate surface area is 147 Å². The molecule has 6 nitrogen and oxygen atoms in total. The lowest BCUT2D eigenvalue weighted by Crippen LogP contribution is -2.37. The molecule has 2 aromatic rings. The van der Waals surface area contributed by atoms with E-state index in [0.29, 0.717) is 5.56 Å². The first kappa shape index (κ1) is 17.2. The molecule has 0 aliphatic carbocycles. The molecule has 0 radical (unpaired) electrons. The van der Waals surface area contributed by atoms with Gasteiger partial charge in [0.1, 0.15) is 11.7 Å². The normalized spacial score (nSPS) is 15.2. The highest BCUT2D eigenvalue weighted by Gasteiger charge is 2.24. The van der Waals surface area contributed by atoms with Crippen LogP contribution in [0.25, 0.3) is 0 Å². The second kappa shape index (κ2) is 7.09. The van der Waals surface area contributed by atoms with Crippen LogP contribution in [0.4, 0.5) is 5.69 Å². The fourth-order valence-electron chi connectivity index (χ4n) is 3.05. The molecule has 0 atom stereocenters. The number of nitrogens with zero attached hydrogens (tertiary/aromatic N) is 3. The average Bonchev–Trinajstić information content (AvgIpc) is 2.95. The molecule has 1 aliphatic rings. The van der Waals surface area contributed by atoms with Gasteiger partial charge in [0, 0.05) is 49.9 Å². The Balaban J connectivity index is 1.55. The Bertz CT molecular complexity index is 772. The number of carbonyl (C=O) groups excluding carboxylic acids is 2. The van der Waals surface area contributed by atoms with Crippen molar-refractivity contribution in [3.8, 4) is 0 Å². The Morgan fingerprint density at radius 1 is 1.16 bits per heavy atom. The molecular weight excluding hydrogens is 318 g/mol. The molecule has 0 amide bonds. The number of hydrogen-bond acceptors (Lipinski definition) is 5. The number of esters is 1. The van der Waals surface area contributed by atoms with Gasteiger partial charge in [0.2, 0.25) is 0 Å². The van der Waals surface area contributed by atoms with E-state index in [-0.39, 0.29) is 17.9 Å². The minimum atomic E-state index is -0.296. The molecule has 2 heterocycles. The molecule has 0 N–H and O–H groups in total. The van der Waals surface area contributed by atoms with Gasteiger partial charge in [-0.3, -0.25) is 9.48 Å². The third-order valence-corrected chi connectivity index (χ3v) is 4.81. The minimum Gasteiger partial charge on any atom is -0.459 e. The summed E-state index contributed by atoms with van der Waals surface area (Å²) in [7, 11) is 1.81. The van der Waals surface area contributed by atoms with Gasteiger partial charge in [0.25, 0.3) is 0 Å². The third kappa shape index (κ3) is 3.73. The number of anilines is 1. The quantitative estimate of drug-likeness (QED) is 0.632. The summed E-state index contributed by atoms with van der Waals surface area (Å²) in [4.78, 5) is 25.9. The molecule has 6 heteroatoms. The summed E-state index contributed by atoms with van der Waals surface area (Å²) in [5, 5.41) is 4.09. The topological polar surface area (TPSA) is 64.4 Å². The predicted molar refractivity (Wildman–Crippen MR) is 95.0 cm³/mol. The van der Waals surface area contributed by atoms with Gasteiger partial charge in [-0.15, -0.1) is 0 Å². The second-order valence-electron chi connectivity index (χ2n) is 6.46. The molecule has 0 unspecified atom stereocenters. The van der Waals surface area contributed by atoms with Crippen molar-refractivity contribution in [1.29, 1.82) is 0 Å². The highest BCUT2D eigenvalue weighted by molar-refractivity contribution is 5.94. The van der Waals surface area contributed by atoms with Crippen LogP contribution in [0.1, 0.15) is 46.2 Å². The summed E-state index contributed by atoms with van der Waals surface area (Å²) < 4.78 is 7.31. The van der Waals surface area contributed by atoms with Crippen LogP contribution in [-0.4, -0.2) is 40.7 Å². The van der Waals surface area contributed by atoms with Crippen LogP contribution >= 0.6 is 0 Å². The summed E-state index contributed by atoms with van der Waals surface area (Å²) in [6, 6.07) is 7.66. The number of ketones is 1. The van der Waals surface area contributed by atoms with Crippen LogP contribution in [0.5, 0.6) is 0 Å². The van der Waals surface area contributed by atoms with Crippen molar-refractivity contribution in [2.45, 2.75) is 32.8 Å². The number of carbonyl (C=O) groups is 2. The smallest absolute Gasteiger partial charge is 0.341 e. The van der Waals surface area contributed by atoms with Crippen LogP contribution in [0.15, 0.2) is 30.5 Å². The van der Waals surface area contributed by atoms with Crippen molar-refractivity contribution in [3.05, 3.63) is 47.3 Å². The van der Waals surface area contributed by atoms with Crippen LogP contribution in [0, 0.1) is 6.92 Å². The number of aromatic nitrogens is 2. The van der Waals surface area contributed by atoms with Crippen molar-refractivity contribution in [1.82, 2.24) is 9.78 Å². The molecule has 1 aromatic heterocycles. The maximum absolute atomic E-state index is 12.3. The van der Waals surface area contributed by atoms with Gasteiger partial charge in [-0.2, -0.15) is 5.10 Å². The van der Waals surface area contributed by atoms with Crippen molar-refractivity contribution >= 4 is 17.4 Å². The number of Topliss-reactive ketones (excluding diaryl/α,β-unsaturated/α-hetero) is 1. The van der Waals surface area contributed by atoms with Crippen LogP contribution in [-0.2, 0) is 11.8 Å². The number of aryl methyl sites for hydroxylation is 1. The standard InChI is InChI=1S/C19H23N3O3/c1-13-18(12-20-21(13)3)19(24)25-17-8-10-22(11-9-17)16-6-4-15(5-7-16)14(2)23/h4-7,12,17H,8-11H2,1-3H3. The Hall–Kier alpha value is -2.63. The summed E-state index contributed by atoms with van der Waals surface area (Å²) in [6.45, 7) is 5.07. The lowest BCUT2D eigenvalue weighted by molar-refractivity contribution is 0.0244. The van der Waals surface area contributed by atoms with Crippen LogP contribution in [0.2, 0.25) is 0 Å². The molecule has 25 heavy (non-hydrogen) atoms. The fraction of sp³-hybridized carbons (Fsp3) is 0.421. The van der Waals surface area contributed by atoms with Crippen LogP contribution in [0.3, 0.4) is 0 Å². The monoisotopic (exact) mass is 341 g/mol. The number of ether oxygens (including phenoxy) is 1. The van der Waals surface area contributed by atoms with E-state index < -0.39 is 0 Å². The SMILES string of the molecule is CC(=O)c1ccc(N2CCC(OC(=O)c3cnn(C)c3C)CC2)cc1. The fourth-order valence-corrected chi connectivity index (χ4v) is 3.05. The summed E-state index contributed by atoms with van der Waals surface area (Å²) in [5.74, 6) is -0.224. The first-order chi connectivity index (χ1) is 12.0. The second-order valence-corrected chi connectivity index (χ2v) is 6.46. The lowest BCUT2D eigenvalue weighted by atomic mass is 10.1. The maximum atomic E-state index is 12.3. The molecule has 1 aromatic carbocycles. The van der Waals surface area contributed by atoms with E-state index in [0.717, 1.165) is 42.9 Å². The molecule has 1 fully saturated rings. The van der Waals surface area contributed by atoms with Crippen molar-refractivity contribution in [2.75, 3.05) is 18.0 Å². The van der Waals surface area contributed by atoms with E-state index in [4.69, 9.17) is 4.74 Å². The first-order valence-electron chi connectivity index (χ1n) is 8.51. The Morgan fingerprint density at radius 3 is 2.32 bits per heavy atom. The van der Waals surface area contributed by atoms with E-state index in [2.05, 4.69) is 10.00 Å². The summed E-state index contributed by atoms with van der Waals surface area (Å²) in [6.07, 6.45) is 3.07. The van der Waals surface area contributed by atoms with E-state index in [1.807, 2.05) is 38.2 Å². The number of benzene rings is 1. The molecule has 3 rings (SSSR count). The van der Waals surface area contributed by atoms with Gasteiger partial charge in [-0.25, -0.2) is 4.79 Å². The van der Waals surface area contributed by atoms with Crippen molar-refractivity contribution < 1.29 is 14.3 Å². The van der Waals surface area contributed by atoms with E-state index in [1.165, 1.54) is 0 Å². The molecule has 1 aliphatic heterocycles. The molecule has 1 saturated heterocycles. The van der Waals surface area contributed by atoms with Gasteiger partial charge in [-0.1, -0.05) is 0 Å². The zero-order valence-corrected chi connectivity index (χ0v) is 14.9. The summed E-state index contributed by atoms with van der Waals surface area (Å²) in [5.41, 5.74) is 3.16. The van der Waals surface area contributed by atoms with Gasteiger partial charge in [-0.05, 0) is 38.1 Å².